The minimum Gasteiger partial charge on any atom is -0.382 e. The second-order valence-electron chi connectivity index (χ2n) is 5.43. The molecular weight excluding hydrogens is 330 g/mol. The van der Waals surface area contributed by atoms with Gasteiger partial charge >= 0.3 is 0 Å². The Morgan fingerprint density at radius 1 is 1.43 bits per heavy atom. The molecule has 1 aromatic rings. The predicted molar refractivity (Wildman–Crippen MR) is 79.7 cm³/mol. The second-order valence-corrected chi connectivity index (χ2v) is 7.62. The zero-order valence-electron chi connectivity index (χ0n) is 12.5. The molecule has 0 spiro atoms. The minimum atomic E-state index is -3.24. The number of oxime groups is 1. The Hall–Kier alpha value is -2.03. The van der Waals surface area contributed by atoms with Crippen LogP contribution in [-0.2, 0) is 19.5 Å². The fourth-order valence-electron chi connectivity index (χ4n) is 2.27. The quantitative estimate of drug-likeness (QED) is 0.862. The van der Waals surface area contributed by atoms with Gasteiger partial charge < -0.3 is 10.2 Å². The molecule has 2 rings (SSSR count). The maximum absolute atomic E-state index is 13.7. The summed E-state index contributed by atoms with van der Waals surface area (Å²) in [5.41, 5.74) is -0.330. The Morgan fingerprint density at radius 3 is 2.61 bits per heavy atom. The number of amides is 1. The fourth-order valence-corrected chi connectivity index (χ4v) is 3.26. The summed E-state index contributed by atoms with van der Waals surface area (Å²) in [7, 11) is -3.24. The first-order valence-corrected chi connectivity index (χ1v) is 8.88. The van der Waals surface area contributed by atoms with Crippen LogP contribution in [0.4, 0.5) is 8.78 Å². The summed E-state index contributed by atoms with van der Waals surface area (Å²) in [4.78, 5) is 16.9. The number of benzene rings is 1. The van der Waals surface area contributed by atoms with Crippen molar-refractivity contribution in [2.24, 2.45) is 5.16 Å². The third-order valence-electron chi connectivity index (χ3n) is 3.15. The Bertz CT molecular complexity index is 729. The van der Waals surface area contributed by atoms with Gasteiger partial charge in [-0.1, -0.05) is 11.2 Å². The molecule has 0 radical (unpaired) electrons. The van der Waals surface area contributed by atoms with Crippen LogP contribution in [0.25, 0.3) is 0 Å². The van der Waals surface area contributed by atoms with E-state index in [1.807, 2.05) is 0 Å². The van der Waals surface area contributed by atoms with E-state index in [-0.39, 0.29) is 23.4 Å². The molecule has 1 aliphatic heterocycles. The molecule has 0 aliphatic carbocycles. The summed E-state index contributed by atoms with van der Waals surface area (Å²) in [6.45, 7) is 1.53. The van der Waals surface area contributed by atoms with Crippen LogP contribution in [0.2, 0.25) is 0 Å². The van der Waals surface area contributed by atoms with E-state index in [0.29, 0.717) is 0 Å². The SMILES string of the molecule is C[C@@H](CS(C)(=O)=O)NC(=O)[C@H]1CC(c2c(F)cccc2F)=NO1. The highest BCUT2D eigenvalue weighted by atomic mass is 32.2. The number of carbonyl (C=O) groups is 1. The molecule has 23 heavy (non-hydrogen) atoms. The molecule has 1 heterocycles. The molecule has 0 fully saturated rings. The topological polar surface area (TPSA) is 84.8 Å². The smallest absolute Gasteiger partial charge is 0.264 e. The lowest BCUT2D eigenvalue weighted by Gasteiger charge is -2.15. The van der Waals surface area contributed by atoms with E-state index in [4.69, 9.17) is 4.84 Å². The number of rotatable bonds is 5. The van der Waals surface area contributed by atoms with E-state index in [1.165, 1.54) is 13.0 Å². The van der Waals surface area contributed by atoms with Crippen LogP contribution >= 0.6 is 0 Å². The predicted octanol–water partition coefficient (Wildman–Crippen LogP) is 1.01. The van der Waals surface area contributed by atoms with Gasteiger partial charge in [-0.3, -0.25) is 4.79 Å². The number of hydrogen-bond donors (Lipinski definition) is 1. The summed E-state index contributed by atoms with van der Waals surface area (Å²) in [5, 5.41) is 6.05. The molecule has 0 saturated carbocycles. The van der Waals surface area contributed by atoms with Gasteiger partial charge in [-0.25, -0.2) is 17.2 Å². The van der Waals surface area contributed by atoms with Crippen molar-refractivity contribution in [1.82, 2.24) is 5.32 Å². The van der Waals surface area contributed by atoms with Crippen LogP contribution in [0.15, 0.2) is 23.4 Å². The molecule has 0 aromatic heterocycles. The van der Waals surface area contributed by atoms with Gasteiger partial charge in [-0.05, 0) is 19.1 Å². The van der Waals surface area contributed by atoms with Crippen molar-refractivity contribution in [3.05, 3.63) is 35.4 Å². The molecule has 2 atom stereocenters. The van der Waals surface area contributed by atoms with E-state index >= 15 is 0 Å². The summed E-state index contributed by atoms with van der Waals surface area (Å²) in [6.07, 6.45) is -0.0925. The van der Waals surface area contributed by atoms with Gasteiger partial charge in [0.15, 0.2) is 0 Å². The van der Waals surface area contributed by atoms with Crippen molar-refractivity contribution in [1.29, 1.82) is 0 Å². The van der Waals surface area contributed by atoms with E-state index in [1.54, 1.807) is 0 Å². The van der Waals surface area contributed by atoms with Crippen molar-refractivity contribution < 1.29 is 26.8 Å². The van der Waals surface area contributed by atoms with Gasteiger partial charge in [0.05, 0.1) is 17.0 Å². The van der Waals surface area contributed by atoms with Crippen LogP contribution in [0.1, 0.15) is 18.9 Å². The standard InChI is InChI=1S/C14H16F2N2O4S/c1-8(7-23(2,20)21)17-14(19)12-6-11(18-22-12)13-9(15)4-3-5-10(13)16/h3-5,8,12H,6-7H2,1-2H3,(H,17,19)/t8-,12+/m0/s1. The second kappa shape index (κ2) is 6.61. The third kappa shape index (κ3) is 4.47. The lowest BCUT2D eigenvalue weighted by atomic mass is 10.0. The molecule has 1 N–H and O–H groups in total. The first-order chi connectivity index (χ1) is 10.7. The van der Waals surface area contributed by atoms with Gasteiger partial charge in [0, 0.05) is 18.7 Å². The number of nitrogens with one attached hydrogen (secondary N) is 1. The first-order valence-electron chi connectivity index (χ1n) is 6.82. The van der Waals surface area contributed by atoms with Crippen molar-refractivity contribution >= 4 is 21.5 Å². The van der Waals surface area contributed by atoms with Crippen LogP contribution < -0.4 is 5.32 Å². The van der Waals surface area contributed by atoms with Crippen molar-refractivity contribution in [3.8, 4) is 0 Å². The fraction of sp³-hybridized carbons (Fsp3) is 0.429. The number of halogens is 2. The van der Waals surface area contributed by atoms with Gasteiger partial charge in [0.25, 0.3) is 5.91 Å². The summed E-state index contributed by atoms with van der Waals surface area (Å²) in [6, 6.07) is 2.78. The maximum atomic E-state index is 13.7. The molecule has 0 unspecified atom stereocenters. The average Bonchev–Trinajstić information content (AvgIpc) is 2.85. The van der Waals surface area contributed by atoms with E-state index in [9.17, 15) is 22.0 Å². The summed E-state index contributed by atoms with van der Waals surface area (Å²) in [5.74, 6) is -2.39. The molecule has 9 heteroatoms. The molecule has 0 bridgehead atoms. The first kappa shape index (κ1) is 17.3. The highest BCUT2D eigenvalue weighted by Crippen LogP contribution is 2.21. The van der Waals surface area contributed by atoms with Gasteiger partial charge in [0.1, 0.15) is 21.5 Å². The van der Waals surface area contributed by atoms with E-state index in [2.05, 4.69) is 10.5 Å². The van der Waals surface area contributed by atoms with E-state index in [0.717, 1.165) is 18.4 Å². The van der Waals surface area contributed by atoms with Gasteiger partial charge in [-0.15, -0.1) is 0 Å². The number of sulfone groups is 1. The molecule has 6 nitrogen and oxygen atoms in total. The molecule has 1 aromatic carbocycles. The molecular formula is C14H16F2N2O4S. The van der Waals surface area contributed by atoms with Crippen LogP contribution in [-0.4, -0.2) is 44.2 Å². The van der Waals surface area contributed by atoms with Crippen LogP contribution in [0.5, 0.6) is 0 Å². The minimum absolute atomic E-state index is 0.00323. The van der Waals surface area contributed by atoms with Crippen molar-refractivity contribution in [3.63, 3.8) is 0 Å². The Balaban J connectivity index is 2.00. The van der Waals surface area contributed by atoms with Gasteiger partial charge in [-0.2, -0.15) is 0 Å². The number of hydrogen-bond acceptors (Lipinski definition) is 5. The zero-order chi connectivity index (χ0) is 17.2. The zero-order valence-corrected chi connectivity index (χ0v) is 13.4. The van der Waals surface area contributed by atoms with Crippen molar-refractivity contribution in [2.75, 3.05) is 12.0 Å². The van der Waals surface area contributed by atoms with Crippen LogP contribution in [0.3, 0.4) is 0 Å². The monoisotopic (exact) mass is 346 g/mol. The molecule has 1 aliphatic rings. The largest absolute Gasteiger partial charge is 0.382 e. The Kier molecular flexibility index (Phi) is 4.98. The lowest BCUT2D eigenvalue weighted by molar-refractivity contribution is -0.131. The normalized spacial score (nSPS) is 19.0. The molecule has 0 saturated heterocycles. The van der Waals surface area contributed by atoms with Crippen LogP contribution in [0, 0.1) is 11.6 Å². The summed E-state index contributed by atoms with van der Waals surface area (Å²) < 4.78 is 49.7. The molecule has 1 amide bonds. The lowest BCUT2D eigenvalue weighted by Crippen LogP contribution is -2.43. The Labute approximate surface area is 132 Å². The Morgan fingerprint density at radius 2 is 2.04 bits per heavy atom. The highest BCUT2D eigenvalue weighted by molar-refractivity contribution is 7.90. The van der Waals surface area contributed by atoms with E-state index < -0.39 is 39.5 Å². The number of carbonyl (C=O) groups excluding carboxylic acids is 1. The van der Waals surface area contributed by atoms with Gasteiger partial charge in [0.2, 0.25) is 6.10 Å². The van der Waals surface area contributed by atoms with Crippen molar-refractivity contribution in [2.45, 2.75) is 25.5 Å². The molecule has 126 valence electrons. The third-order valence-corrected chi connectivity index (χ3v) is 4.26. The summed E-state index contributed by atoms with van der Waals surface area (Å²) >= 11 is 0. The number of nitrogens with zero attached hydrogens (tertiary/aromatic N) is 1. The highest BCUT2D eigenvalue weighted by Gasteiger charge is 2.32. The average molecular weight is 346 g/mol. The maximum Gasteiger partial charge on any atom is 0.264 e.